The summed E-state index contributed by atoms with van der Waals surface area (Å²) in [7, 11) is 0. The van der Waals surface area contributed by atoms with Crippen molar-refractivity contribution in [2.24, 2.45) is 5.92 Å². The third-order valence-electron chi connectivity index (χ3n) is 6.16. The molecule has 1 aromatic heterocycles. The number of amides is 1. The number of halogens is 2. The van der Waals surface area contributed by atoms with E-state index in [1.807, 2.05) is 23.1 Å². The number of pyridine rings is 1. The highest BCUT2D eigenvalue weighted by molar-refractivity contribution is 6.34. The van der Waals surface area contributed by atoms with E-state index in [2.05, 4.69) is 16.0 Å². The van der Waals surface area contributed by atoms with Gasteiger partial charge in [-0.25, -0.2) is 4.98 Å². The standard InChI is InChI=1S/C25H23Cl2N3O2/c26-18-10-11-20(27)23(15-18)32-24-19(7-4-12-28-24)25(31)30-14-13-29(16-17-5-3-6-17)21-8-1-2-9-22(21)30/h1-2,4,7-12,15,17H,3,5-6,13-14,16H2. The van der Waals surface area contributed by atoms with Crippen molar-refractivity contribution >= 4 is 40.5 Å². The number of ether oxygens (including phenoxy) is 1. The maximum atomic E-state index is 13.6. The average Bonchev–Trinajstić information content (AvgIpc) is 2.78. The molecule has 1 aliphatic heterocycles. The minimum Gasteiger partial charge on any atom is -0.437 e. The summed E-state index contributed by atoms with van der Waals surface area (Å²) in [4.78, 5) is 22.2. The van der Waals surface area contributed by atoms with Crippen LogP contribution in [-0.4, -0.2) is 30.5 Å². The van der Waals surface area contributed by atoms with Crippen molar-refractivity contribution in [2.75, 3.05) is 29.4 Å². The molecule has 0 bridgehead atoms. The van der Waals surface area contributed by atoms with Gasteiger partial charge in [-0.3, -0.25) is 4.79 Å². The Balaban J connectivity index is 1.44. The molecular formula is C25H23Cl2N3O2. The van der Waals surface area contributed by atoms with E-state index in [-0.39, 0.29) is 11.8 Å². The van der Waals surface area contributed by atoms with Gasteiger partial charge in [0.2, 0.25) is 5.88 Å². The van der Waals surface area contributed by atoms with Crippen LogP contribution in [0.4, 0.5) is 11.4 Å². The Hall–Kier alpha value is -2.76. The maximum absolute atomic E-state index is 13.6. The molecule has 7 heteroatoms. The summed E-state index contributed by atoms with van der Waals surface area (Å²) in [5, 5.41) is 0.887. The molecule has 0 atom stereocenters. The third-order valence-corrected chi connectivity index (χ3v) is 6.70. The fourth-order valence-corrected chi connectivity index (χ4v) is 4.57. The minimum absolute atomic E-state index is 0.151. The summed E-state index contributed by atoms with van der Waals surface area (Å²) >= 11 is 12.3. The minimum atomic E-state index is -0.151. The van der Waals surface area contributed by atoms with Gasteiger partial charge in [0.25, 0.3) is 5.91 Å². The van der Waals surface area contributed by atoms with Crippen molar-refractivity contribution in [3.05, 3.63) is 76.4 Å². The van der Waals surface area contributed by atoms with Crippen LogP contribution in [0, 0.1) is 5.92 Å². The molecule has 2 heterocycles. The quantitative estimate of drug-likeness (QED) is 0.432. The highest BCUT2D eigenvalue weighted by Crippen LogP contribution is 2.38. The number of carbonyl (C=O) groups excluding carboxylic acids is 1. The fraction of sp³-hybridized carbons (Fsp3) is 0.280. The van der Waals surface area contributed by atoms with Gasteiger partial charge in [-0.15, -0.1) is 0 Å². The summed E-state index contributed by atoms with van der Waals surface area (Å²) in [6.07, 6.45) is 5.51. The highest BCUT2D eigenvalue weighted by Gasteiger charge is 2.31. The molecule has 1 amide bonds. The maximum Gasteiger partial charge on any atom is 0.263 e. The Morgan fingerprint density at radius 3 is 2.62 bits per heavy atom. The van der Waals surface area contributed by atoms with Gasteiger partial charge in [0, 0.05) is 36.9 Å². The van der Waals surface area contributed by atoms with Gasteiger partial charge >= 0.3 is 0 Å². The van der Waals surface area contributed by atoms with Crippen LogP contribution in [0.1, 0.15) is 29.6 Å². The van der Waals surface area contributed by atoms with Gasteiger partial charge in [-0.2, -0.15) is 0 Å². The first-order valence-corrected chi connectivity index (χ1v) is 11.6. The normalized spacial score (nSPS) is 15.8. The summed E-state index contributed by atoms with van der Waals surface area (Å²) in [6, 6.07) is 16.5. The van der Waals surface area contributed by atoms with Crippen LogP contribution in [0.25, 0.3) is 0 Å². The molecule has 0 radical (unpaired) electrons. The van der Waals surface area contributed by atoms with E-state index in [0.717, 1.165) is 30.4 Å². The van der Waals surface area contributed by atoms with Crippen molar-refractivity contribution in [3.63, 3.8) is 0 Å². The lowest BCUT2D eigenvalue weighted by Gasteiger charge is -2.41. The molecule has 1 saturated carbocycles. The van der Waals surface area contributed by atoms with Gasteiger partial charge in [-0.05, 0) is 55.2 Å². The lowest BCUT2D eigenvalue weighted by molar-refractivity contribution is 0.0983. The smallest absolute Gasteiger partial charge is 0.263 e. The number of anilines is 2. The number of hydrogen-bond acceptors (Lipinski definition) is 4. The van der Waals surface area contributed by atoms with E-state index in [4.69, 9.17) is 27.9 Å². The number of rotatable bonds is 5. The number of hydrogen-bond donors (Lipinski definition) is 0. The Morgan fingerprint density at radius 1 is 1.03 bits per heavy atom. The van der Waals surface area contributed by atoms with Crippen LogP contribution in [0.15, 0.2) is 60.8 Å². The second kappa shape index (κ2) is 9.00. The number of benzene rings is 2. The zero-order chi connectivity index (χ0) is 22.1. The van der Waals surface area contributed by atoms with E-state index in [1.165, 1.54) is 19.3 Å². The summed E-state index contributed by atoms with van der Waals surface area (Å²) < 4.78 is 5.93. The zero-order valence-electron chi connectivity index (χ0n) is 17.5. The number of nitrogens with zero attached hydrogens (tertiary/aromatic N) is 3. The van der Waals surface area contributed by atoms with Crippen molar-refractivity contribution in [1.82, 2.24) is 4.98 Å². The van der Waals surface area contributed by atoms with Gasteiger partial charge in [0.05, 0.1) is 16.4 Å². The summed E-state index contributed by atoms with van der Waals surface area (Å²) in [6.45, 7) is 2.46. The predicted octanol–water partition coefficient (Wildman–Crippen LogP) is 6.45. The molecule has 0 saturated heterocycles. The van der Waals surface area contributed by atoms with E-state index >= 15 is 0 Å². The molecule has 2 aromatic carbocycles. The second-order valence-corrected chi connectivity index (χ2v) is 9.07. The highest BCUT2D eigenvalue weighted by atomic mass is 35.5. The van der Waals surface area contributed by atoms with Crippen LogP contribution in [0.5, 0.6) is 11.6 Å². The van der Waals surface area contributed by atoms with Crippen LogP contribution in [0.2, 0.25) is 10.0 Å². The first-order valence-electron chi connectivity index (χ1n) is 10.8. The zero-order valence-corrected chi connectivity index (χ0v) is 19.0. The first kappa shape index (κ1) is 21.1. The van der Waals surface area contributed by atoms with Crippen molar-refractivity contribution in [2.45, 2.75) is 19.3 Å². The third kappa shape index (κ3) is 4.15. The van der Waals surface area contributed by atoms with Crippen LogP contribution < -0.4 is 14.5 Å². The number of fused-ring (bicyclic) bond motifs is 1. The largest absolute Gasteiger partial charge is 0.437 e. The fourth-order valence-electron chi connectivity index (χ4n) is 4.25. The lowest BCUT2D eigenvalue weighted by atomic mass is 9.85. The van der Waals surface area contributed by atoms with Gasteiger partial charge < -0.3 is 14.5 Å². The molecule has 2 aliphatic rings. The Bertz CT molecular complexity index is 1150. The Morgan fingerprint density at radius 2 is 1.84 bits per heavy atom. The second-order valence-electron chi connectivity index (χ2n) is 8.22. The Labute approximate surface area is 197 Å². The van der Waals surface area contributed by atoms with Crippen LogP contribution >= 0.6 is 23.2 Å². The summed E-state index contributed by atoms with van der Waals surface area (Å²) in [5.41, 5.74) is 2.40. The number of para-hydroxylation sites is 2. The van der Waals surface area contributed by atoms with E-state index in [1.54, 1.807) is 36.5 Å². The molecule has 1 aliphatic carbocycles. The summed E-state index contributed by atoms with van der Waals surface area (Å²) in [5.74, 6) is 1.17. The number of carbonyl (C=O) groups is 1. The SMILES string of the molecule is O=C(c1cccnc1Oc1cc(Cl)ccc1Cl)N1CCN(CC2CCC2)c2ccccc21. The van der Waals surface area contributed by atoms with E-state index in [9.17, 15) is 4.79 Å². The molecule has 164 valence electrons. The molecule has 0 N–H and O–H groups in total. The van der Waals surface area contributed by atoms with Crippen molar-refractivity contribution in [1.29, 1.82) is 0 Å². The molecule has 0 spiro atoms. The molecule has 5 rings (SSSR count). The first-order chi connectivity index (χ1) is 15.6. The molecule has 5 nitrogen and oxygen atoms in total. The van der Waals surface area contributed by atoms with Gasteiger partial charge in [-0.1, -0.05) is 41.8 Å². The molecular weight excluding hydrogens is 445 g/mol. The van der Waals surface area contributed by atoms with Gasteiger partial charge in [0.15, 0.2) is 0 Å². The molecule has 32 heavy (non-hydrogen) atoms. The Kier molecular flexibility index (Phi) is 5.94. The van der Waals surface area contributed by atoms with E-state index in [0.29, 0.717) is 27.9 Å². The van der Waals surface area contributed by atoms with E-state index < -0.39 is 0 Å². The number of aromatic nitrogens is 1. The van der Waals surface area contributed by atoms with Gasteiger partial charge in [0.1, 0.15) is 11.3 Å². The predicted molar refractivity (Wildman–Crippen MR) is 128 cm³/mol. The van der Waals surface area contributed by atoms with Crippen molar-refractivity contribution < 1.29 is 9.53 Å². The average molecular weight is 468 g/mol. The van der Waals surface area contributed by atoms with Crippen LogP contribution in [0.3, 0.4) is 0 Å². The monoisotopic (exact) mass is 467 g/mol. The topological polar surface area (TPSA) is 45.7 Å². The lowest BCUT2D eigenvalue weighted by Crippen LogP contribution is -2.46. The van der Waals surface area contributed by atoms with Crippen molar-refractivity contribution in [3.8, 4) is 11.6 Å². The molecule has 3 aromatic rings. The van der Waals surface area contributed by atoms with Crippen LogP contribution in [-0.2, 0) is 0 Å². The molecule has 1 fully saturated rings. The molecule has 0 unspecified atom stereocenters.